The van der Waals surface area contributed by atoms with E-state index in [2.05, 4.69) is 51.4 Å². The molecule has 1 fully saturated rings. The van der Waals surface area contributed by atoms with E-state index in [-0.39, 0.29) is 5.91 Å². The molecule has 1 N–H and O–H groups in total. The van der Waals surface area contributed by atoms with Gasteiger partial charge in [0.05, 0.1) is 11.2 Å². The van der Waals surface area contributed by atoms with E-state index < -0.39 is 0 Å². The Hall–Kier alpha value is -1.76. The minimum Gasteiger partial charge on any atom is -0.347 e. The Balaban J connectivity index is 1.54. The molecule has 1 aliphatic rings. The monoisotopic (exact) mass is 344 g/mol. The van der Waals surface area contributed by atoms with E-state index in [0.29, 0.717) is 11.4 Å². The Kier molecular flexibility index (Phi) is 5.60. The maximum atomic E-state index is 12.1. The fourth-order valence-electron chi connectivity index (χ4n) is 2.84. The third-order valence-electron chi connectivity index (χ3n) is 4.29. The molecule has 1 aromatic carbocycles. The van der Waals surface area contributed by atoms with Crippen LogP contribution >= 0.6 is 11.3 Å². The fourth-order valence-corrected chi connectivity index (χ4v) is 3.53. The summed E-state index contributed by atoms with van der Waals surface area (Å²) in [6.07, 6.45) is 1.64. The maximum absolute atomic E-state index is 12.1. The van der Waals surface area contributed by atoms with Crippen molar-refractivity contribution in [2.75, 3.05) is 33.2 Å². The summed E-state index contributed by atoms with van der Waals surface area (Å²) in [6.45, 7) is 7.91. The first-order valence-corrected chi connectivity index (χ1v) is 9.11. The Bertz CT molecular complexity index is 692. The molecule has 24 heavy (non-hydrogen) atoms. The summed E-state index contributed by atoms with van der Waals surface area (Å²) in [4.78, 5) is 21.8. The number of carbonyl (C=O) groups excluding carboxylic acids is 1. The Morgan fingerprint density at radius 1 is 1.25 bits per heavy atom. The summed E-state index contributed by atoms with van der Waals surface area (Å²) in [7, 11) is 2.17. The summed E-state index contributed by atoms with van der Waals surface area (Å²) in [5.41, 5.74) is 2.44. The standard InChI is InChI=1S/C18H24N4OS/c1-14-19-12-17(24-14)18(23)20-11-15-4-3-5-16(10-15)13-22-8-6-21(2)7-9-22/h3-5,10,12H,6-9,11,13H2,1-2H3,(H,20,23). The van der Waals surface area contributed by atoms with Crippen LogP contribution in [0.4, 0.5) is 0 Å². The van der Waals surface area contributed by atoms with Gasteiger partial charge in [0.15, 0.2) is 0 Å². The van der Waals surface area contributed by atoms with Crippen LogP contribution < -0.4 is 5.32 Å². The molecule has 1 aromatic heterocycles. The molecule has 0 aliphatic carbocycles. The van der Waals surface area contributed by atoms with Crippen molar-refractivity contribution in [2.45, 2.75) is 20.0 Å². The molecule has 0 bridgehead atoms. The van der Waals surface area contributed by atoms with Crippen LogP contribution in [0.1, 0.15) is 25.8 Å². The average Bonchev–Trinajstić information content (AvgIpc) is 3.02. The van der Waals surface area contributed by atoms with Crippen molar-refractivity contribution in [1.29, 1.82) is 0 Å². The largest absolute Gasteiger partial charge is 0.347 e. The van der Waals surface area contributed by atoms with Gasteiger partial charge in [-0.1, -0.05) is 24.3 Å². The zero-order valence-corrected chi connectivity index (χ0v) is 15.1. The van der Waals surface area contributed by atoms with Crippen molar-refractivity contribution in [3.63, 3.8) is 0 Å². The first-order valence-electron chi connectivity index (χ1n) is 8.29. The van der Waals surface area contributed by atoms with Gasteiger partial charge in [-0.25, -0.2) is 4.98 Å². The van der Waals surface area contributed by atoms with Crippen molar-refractivity contribution in [1.82, 2.24) is 20.1 Å². The molecule has 0 atom stereocenters. The predicted molar refractivity (Wildman–Crippen MR) is 97.2 cm³/mol. The molecule has 0 radical (unpaired) electrons. The van der Waals surface area contributed by atoms with Gasteiger partial charge in [-0.2, -0.15) is 0 Å². The summed E-state index contributed by atoms with van der Waals surface area (Å²) in [6, 6.07) is 8.49. The minimum atomic E-state index is -0.0509. The number of likely N-dealkylation sites (N-methyl/N-ethyl adjacent to an activating group) is 1. The molecular weight excluding hydrogens is 320 g/mol. The lowest BCUT2D eigenvalue weighted by molar-refractivity contribution is 0.0954. The SMILES string of the molecule is Cc1ncc(C(=O)NCc2cccc(CN3CCN(C)CC3)c2)s1. The van der Waals surface area contributed by atoms with Gasteiger partial charge < -0.3 is 10.2 Å². The zero-order chi connectivity index (χ0) is 16.9. The Morgan fingerprint density at radius 3 is 2.71 bits per heavy atom. The van der Waals surface area contributed by atoms with Crippen LogP contribution in [-0.2, 0) is 13.1 Å². The number of amides is 1. The molecule has 2 heterocycles. The van der Waals surface area contributed by atoms with E-state index >= 15 is 0 Å². The predicted octanol–water partition coefficient (Wildman–Crippen LogP) is 2.13. The molecule has 0 saturated carbocycles. The van der Waals surface area contributed by atoms with E-state index in [0.717, 1.165) is 43.3 Å². The molecule has 3 rings (SSSR count). The van der Waals surface area contributed by atoms with Crippen molar-refractivity contribution >= 4 is 17.2 Å². The van der Waals surface area contributed by atoms with Gasteiger partial charge in [0.2, 0.25) is 0 Å². The minimum absolute atomic E-state index is 0.0509. The van der Waals surface area contributed by atoms with Gasteiger partial charge in [-0.05, 0) is 25.1 Å². The van der Waals surface area contributed by atoms with E-state index in [4.69, 9.17) is 0 Å². The second kappa shape index (κ2) is 7.88. The number of carbonyl (C=O) groups is 1. The van der Waals surface area contributed by atoms with Crippen molar-refractivity contribution in [3.05, 3.63) is 51.5 Å². The molecule has 1 amide bonds. The third-order valence-corrected chi connectivity index (χ3v) is 5.20. The van der Waals surface area contributed by atoms with Crippen LogP contribution in [0.3, 0.4) is 0 Å². The highest BCUT2D eigenvalue weighted by Gasteiger charge is 2.14. The van der Waals surface area contributed by atoms with Crippen LogP contribution in [0.2, 0.25) is 0 Å². The van der Waals surface area contributed by atoms with Crippen molar-refractivity contribution < 1.29 is 4.79 Å². The van der Waals surface area contributed by atoms with Crippen molar-refractivity contribution in [3.8, 4) is 0 Å². The molecule has 5 nitrogen and oxygen atoms in total. The van der Waals surface area contributed by atoms with Crippen LogP contribution in [-0.4, -0.2) is 53.9 Å². The summed E-state index contributed by atoms with van der Waals surface area (Å²) in [5, 5.41) is 3.89. The van der Waals surface area contributed by atoms with E-state index in [9.17, 15) is 4.79 Å². The van der Waals surface area contributed by atoms with Gasteiger partial charge in [-0.3, -0.25) is 9.69 Å². The lowest BCUT2D eigenvalue weighted by Gasteiger charge is -2.32. The van der Waals surface area contributed by atoms with Gasteiger partial charge in [0.25, 0.3) is 5.91 Å². The van der Waals surface area contributed by atoms with Crippen molar-refractivity contribution in [2.24, 2.45) is 0 Å². The van der Waals surface area contributed by atoms with Crippen LogP contribution in [0.25, 0.3) is 0 Å². The summed E-state index contributed by atoms with van der Waals surface area (Å²) < 4.78 is 0. The van der Waals surface area contributed by atoms with E-state index in [1.165, 1.54) is 16.9 Å². The molecule has 1 aliphatic heterocycles. The van der Waals surface area contributed by atoms with Gasteiger partial charge in [-0.15, -0.1) is 11.3 Å². The maximum Gasteiger partial charge on any atom is 0.263 e. The number of hydrogen-bond donors (Lipinski definition) is 1. The molecule has 1 saturated heterocycles. The second-order valence-electron chi connectivity index (χ2n) is 6.33. The number of piperazine rings is 1. The normalized spacial score (nSPS) is 16.2. The second-order valence-corrected chi connectivity index (χ2v) is 7.56. The number of hydrogen-bond acceptors (Lipinski definition) is 5. The Labute approximate surface area is 147 Å². The number of thiazole rings is 1. The van der Waals surface area contributed by atoms with Gasteiger partial charge >= 0.3 is 0 Å². The lowest BCUT2D eigenvalue weighted by Crippen LogP contribution is -2.43. The molecular formula is C18H24N4OS. The number of nitrogens with one attached hydrogen (secondary N) is 1. The molecule has 6 heteroatoms. The first kappa shape index (κ1) is 17.1. The molecule has 0 unspecified atom stereocenters. The zero-order valence-electron chi connectivity index (χ0n) is 14.3. The number of nitrogens with zero attached hydrogens (tertiary/aromatic N) is 3. The fraction of sp³-hybridized carbons (Fsp3) is 0.444. The first-order chi connectivity index (χ1) is 11.6. The molecule has 0 spiro atoms. The smallest absolute Gasteiger partial charge is 0.263 e. The van der Waals surface area contributed by atoms with E-state index in [1.807, 2.05) is 6.92 Å². The van der Waals surface area contributed by atoms with E-state index in [1.54, 1.807) is 6.20 Å². The summed E-state index contributed by atoms with van der Waals surface area (Å²) >= 11 is 1.42. The third kappa shape index (κ3) is 4.63. The quantitative estimate of drug-likeness (QED) is 0.903. The van der Waals surface area contributed by atoms with Crippen LogP contribution in [0.15, 0.2) is 30.5 Å². The number of aryl methyl sites for hydroxylation is 1. The highest BCUT2D eigenvalue weighted by Crippen LogP contribution is 2.13. The highest BCUT2D eigenvalue weighted by molar-refractivity contribution is 7.13. The summed E-state index contributed by atoms with van der Waals surface area (Å²) in [5.74, 6) is -0.0509. The lowest BCUT2D eigenvalue weighted by atomic mass is 10.1. The number of benzene rings is 1. The van der Waals surface area contributed by atoms with Crippen LogP contribution in [0.5, 0.6) is 0 Å². The highest BCUT2D eigenvalue weighted by atomic mass is 32.1. The van der Waals surface area contributed by atoms with Crippen LogP contribution in [0, 0.1) is 6.92 Å². The topological polar surface area (TPSA) is 48.5 Å². The molecule has 128 valence electrons. The number of aromatic nitrogens is 1. The Morgan fingerprint density at radius 2 is 2.00 bits per heavy atom. The van der Waals surface area contributed by atoms with Gasteiger partial charge in [0.1, 0.15) is 4.88 Å². The molecule has 2 aromatic rings. The average molecular weight is 344 g/mol. The number of rotatable bonds is 5. The van der Waals surface area contributed by atoms with Gasteiger partial charge in [0, 0.05) is 39.3 Å².